The predicted molar refractivity (Wildman–Crippen MR) is 150 cm³/mol. The van der Waals surface area contributed by atoms with Gasteiger partial charge < -0.3 is 26.3 Å². The standard InChI is InChI=1S/C28H33N5O5S/c1-15-11-16(2)13-18(12-15)33(28(36)25-22(29)23(26(30)34)32-39-25)24(27(35)31-17-7-5-6-8-17)20-14-19(37-3)9-10-21(20)38-4/h9-14,17,24H,5-8,29H2,1-4H3,(H2,30,34)(H,31,35)/t24-/m0/s1. The van der Waals surface area contributed by atoms with Gasteiger partial charge in [0.15, 0.2) is 5.69 Å². The molecule has 1 aliphatic rings. The summed E-state index contributed by atoms with van der Waals surface area (Å²) in [5, 5.41) is 3.14. The summed E-state index contributed by atoms with van der Waals surface area (Å²) < 4.78 is 15.1. The highest BCUT2D eigenvalue weighted by atomic mass is 32.1. The molecule has 0 unspecified atom stereocenters. The van der Waals surface area contributed by atoms with E-state index in [1.165, 1.54) is 19.1 Å². The van der Waals surface area contributed by atoms with Crippen LogP contribution >= 0.6 is 11.5 Å². The Morgan fingerprint density at radius 1 is 1.05 bits per heavy atom. The summed E-state index contributed by atoms with van der Waals surface area (Å²) in [7, 11) is 3.02. The highest BCUT2D eigenvalue weighted by Crippen LogP contribution is 2.39. The molecule has 0 aliphatic heterocycles. The number of methoxy groups -OCH3 is 2. The lowest BCUT2D eigenvalue weighted by molar-refractivity contribution is -0.123. The molecular weight excluding hydrogens is 518 g/mol. The van der Waals surface area contributed by atoms with Gasteiger partial charge in [-0.25, -0.2) is 0 Å². The average Bonchev–Trinajstić information content (AvgIpc) is 3.55. The van der Waals surface area contributed by atoms with E-state index in [0.29, 0.717) is 22.7 Å². The van der Waals surface area contributed by atoms with E-state index in [1.807, 2.05) is 32.0 Å². The van der Waals surface area contributed by atoms with Crippen molar-refractivity contribution in [2.45, 2.75) is 51.6 Å². The fourth-order valence-corrected chi connectivity index (χ4v) is 5.76. The van der Waals surface area contributed by atoms with Gasteiger partial charge >= 0.3 is 0 Å². The van der Waals surface area contributed by atoms with Gasteiger partial charge in [0.25, 0.3) is 11.8 Å². The van der Waals surface area contributed by atoms with Crippen LogP contribution in [0.1, 0.15) is 68.6 Å². The number of amides is 3. The molecule has 0 bridgehead atoms. The van der Waals surface area contributed by atoms with Gasteiger partial charge in [0, 0.05) is 17.3 Å². The number of nitrogens with zero attached hydrogens (tertiary/aromatic N) is 2. The Hall–Kier alpha value is -4.12. The van der Waals surface area contributed by atoms with E-state index in [-0.39, 0.29) is 28.2 Å². The first kappa shape index (κ1) is 27.9. The zero-order valence-electron chi connectivity index (χ0n) is 22.4. The van der Waals surface area contributed by atoms with Crippen LogP contribution in [0.25, 0.3) is 0 Å². The summed E-state index contributed by atoms with van der Waals surface area (Å²) in [6.07, 6.45) is 3.75. The lowest BCUT2D eigenvalue weighted by Crippen LogP contribution is -2.46. The van der Waals surface area contributed by atoms with E-state index in [2.05, 4.69) is 9.69 Å². The molecule has 1 fully saturated rings. The first-order valence-corrected chi connectivity index (χ1v) is 13.4. The normalized spacial score (nSPS) is 14.1. The van der Waals surface area contributed by atoms with Crippen LogP contribution in [0.2, 0.25) is 0 Å². The third-order valence-corrected chi connectivity index (χ3v) is 7.65. The minimum Gasteiger partial charge on any atom is -0.497 e. The molecule has 5 N–H and O–H groups in total. The lowest BCUT2D eigenvalue weighted by atomic mass is 9.99. The van der Waals surface area contributed by atoms with Gasteiger partial charge in [-0.15, -0.1) is 0 Å². The zero-order chi connectivity index (χ0) is 28.3. The van der Waals surface area contributed by atoms with Crippen molar-refractivity contribution < 1.29 is 23.9 Å². The molecule has 11 heteroatoms. The van der Waals surface area contributed by atoms with Crippen LogP contribution in [0.4, 0.5) is 11.4 Å². The summed E-state index contributed by atoms with van der Waals surface area (Å²) in [6, 6.07) is 9.53. The van der Waals surface area contributed by atoms with Gasteiger partial charge in [-0.1, -0.05) is 18.9 Å². The second-order valence-electron chi connectivity index (χ2n) is 9.66. The van der Waals surface area contributed by atoms with Crippen LogP contribution in [0.15, 0.2) is 36.4 Å². The number of carbonyl (C=O) groups is 3. The van der Waals surface area contributed by atoms with Gasteiger partial charge in [-0.3, -0.25) is 19.3 Å². The molecule has 0 saturated heterocycles. The predicted octanol–water partition coefficient (Wildman–Crippen LogP) is 3.91. The Balaban J connectivity index is 1.96. The van der Waals surface area contributed by atoms with Crippen LogP contribution in [-0.2, 0) is 4.79 Å². The number of nitrogens with two attached hydrogens (primary N) is 2. The minimum atomic E-state index is -1.16. The molecule has 1 heterocycles. The third-order valence-electron chi connectivity index (χ3n) is 6.80. The minimum absolute atomic E-state index is 0.00323. The summed E-state index contributed by atoms with van der Waals surface area (Å²) in [5.74, 6) is -0.922. The first-order chi connectivity index (χ1) is 18.6. The maximum Gasteiger partial charge on any atom is 0.273 e. The Bertz CT molecular complexity index is 1380. The van der Waals surface area contributed by atoms with E-state index in [9.17, 15) is 14.4 Å². The van der Waals surface area contributed by atoms with E-state index >= 15 is 0 Å². The molecule has 3 aromatic rings. The largest absolute Gasteiger partial charge is 0.497 e. The van der Waals surface area contributed by atoms with Crippen LogP contribution in [-0.4, -0.2) is 42.4 Å². The van der Waals surface area contributed by atoms with Crippen molar-refractivity contribution in [3.05, 3.63) is 63.7 Å². The number of nitrogen functional groups attached to an aromatic ring is 1. The van der Waals surface area contributed by atoms with Crippen LogP contribution in [0.3, 0.4) is 0 Å². The quantitative estimate of drug-likeness (QED) is 0.365. The number of carbonyl (C=O) groups excluding carboxylic acids is 3. The summed E-state index contributed by atoms with van der Waals surface area (Å²) in [5.41, 5.74) is 14.0. The van der Waals surface area contributed by atoms with Gasteiger partial charge in [-0.05, 0) is 79.7 Å². The number of ether oxygens (including phenoxy) is 2. The Kier molecular flexibility index (Phi) is 8.39. The molecule has 0 spiro atoms. The topological polar surface area (TPSA) is 150 Å². The Morgan fingerprint density at radius 2 is 1.72 bits per heavy atom. The van der Waals surface area contributed by atoms with E-state index in [4.69, 9.17) is 20.9 Å². The monoisotopic (exact) mass is 551 g/mol. The second kappa shape index (κ2) is 11.7. The van der Waals surface area contributed by atoms with Gasteiger partial charge in [-0.2, -0.15) is 4.37 Å². The second-order valence-corrected chi connectivity index (χ2v) is 10.4. The number of rotatable bonds is 9. The average molecular weight is 552 g/mol. The maximum atomic E-state index is 14.3. The summed E-state index contributed by atoms with van der Waals surface area (Å²) in [6.45, 7) is 3.82. The fraction of sp³-hybridized carbons (Fsp3) is 0.357. The van der Waals surface area contributed by atoms with E-state index in [0.717, 1.165) is 48.3 Å². The lowest BCUT2D eigenvalue weighted by Gasteiger charge is -2.33. The number of hydrogen-bond donors (Lipinski definition) is 3. The van der Waals surface area contributed by atoms with Crippen molar-refractivity contribution in [1.82, 2.24) is 9.69 Å². The first-order valence-electron chi connectivity index (χ1n) is 12.6. The molecule has 1 saturated carbocycles. The van der Waals surface area contributed by atoms with Crippen molar-refractivity contribution in [3.8, 4) is 11.5 Å². The van der Waals surface area contributed by atoms with Crippen LogP contribution < -0.4 is 31.2 Å². The molecule has 3 amide bonds. The molecule has 1 aromatic heterocycles. The molecule has 10 nitrogen and oxygen atoms in total. The summed E-state index contributed by atoms with van der Waals surface area (Å²) >= 11 is 0.764. The Morgan fingerprint density at radius 3 is 2.28 bits per heavy atom. The van der Waals surface area contributed by atoms with Crippen LogP contribution in [0.5, 0.6) is 11.5 Å². The van der Waals surface area contributed by atoms with Crippen molar-refractivity contribution >= 4 is 40.6 Å². The third kappa shape index (κ3) is 5.83. The van der Waals surface area contributed by atoms with Gasteiger partial charge in [0.1, 0.15) is 22.4 Å². The highest BCUT2D eigenvalue weighted by molar-refractivity contribution is 7.09. The molecule has 206 valence electrons. The molecule has 1 aliphatic carbocycles. The van der Waals surface area contributed by atoms with Crippen molar-refractivity contribution in [2.24, 2.45) is 5.73 Å². The number of primary amides is 1. The fourth-order valence-electron chi connectivity index (χ4n) is 5.01. The van der Waals surface area contributed by atoms with Gasteiger partial charge in [0.2, 0.25) is 5.91 Å². The molecule has 1 atom stereocenters. The zero-order valence-corrected chi connectivity index (χ0v) is 23.3. The summed E-state index contributed by atoms with van der Waals surface area (Å²) in [4.78, 5) is 41.8. The highest BCUT2D eigenvalue weighted by Gasteiger charge is 2.39. The smallest absolute Gasteiger partial charge is 0.273 e. The van der Waals surface area contributed by atoms with Crippen molar-refractivity contribution in [1.29, 1.82) is 0 Å². The number of anilines is 2. The number of aromatic nitrogens is 1. The number of benzene rings is 2. The molecule has 0 radical (unpaired) electrons. The number of hydrogen-bond acceptors (Lipinski definition) is 8. The number of aryl methyl sites for hydroxylation is 2. The molecule has 4 rings (SSSR count). The number of nitrogens with one attached hydrogen (secondary N) is 1. The molecule has 2 aromatic carbocycles. The van der Waals surface area contributed by atoms with E-state index < -0.39 is 17.9 Å². The van der Waals surface area contributed by atoms with Crippen molar-refractivity contribution in [2.75, 3.05) is 24.9 Å². The SMILES string of the molecule is COc1ccc(OC)c([C@@H](C(=O)NC2CCCC2)N(C(=O)c2snc(C(N)=O)c2N)c2cc(C)cc(C)c2)c1. The molecule has 39 heavy (non-hydrogen) atoms. The maximum absolute atomic E-state index is 14.3. The molecular formula is C28H33N5O5S. The van der Waals surface area contributed by atoms with E-state index in [1.54, 1.807) is 18.2 Å². The van der Waals surface area contributed by atoms with Crippen LogP contribution in [0, 0.1) is 13.8 Å². The van der Waals surface area contributed by atoms with Crippen molar-refractivity contribution in [3.63, 3.8) is 0 Å². The van der Waals surface area contributed by atoms with Gasteiger partial charge in [0.05, 0.1) is 19.9 Å². The Labute approximate surface area is 231 Å².